The van der Waals surface area contributed by atoms with E-state index in [2.05, 4.69) is 10.3 Å². The standard InChI is InChI=1S/C20H20FN5O3/c1-12(7-15(11-28-2)29-20(23)24)16-8-14(4-5-17(16)21)26-19(27)18-6-3-13(9-22)10-25-18/h3-8,10,12H,11H2,1-2H3,(H3,23,24)(H,26,27)/b15-7-/t12-/m1/s1. The number of amides is 1. The Morgan fingerprint density at radius 3 is 2.79 bits per heavy atom. The minimum absolute atomic E-state index is 0.0618. The average molecular weight is 397 g/mol. The normalized spacial score (nSPS) is 12.0. The summed E-state index contributed by atoms with van der Waals surface area (Å²) in [7, 11) is 1.45. The summed E-state index contributed by atoms with van der Waals surface area (Å²) in [4.78, 5) is 16.3. The van der Waals surface area contributed by atoms with Gasteiger partial charge in [-0.15, -0.1) is 0 Å². The highest BCUT2D eigenvalue weighted by molar-refractivity contribution is 6.02. The maximum atomic E-state index is 14.3. The van der Waals surface area contributed by atoms with E-state index in [0.717, 1.165) is 0 Å². The van der Waals surface area contributed by atoms with Crippen molar-refractivity contribution in [3.8, 4) is 6.07 Å². The van der Waals surface area contributed by atoms with E-state index in [0.29, 0.717) is 16.8 Å². The number of anilines is 1. The quantitative estimate of drug-likeness (QED) is 0.374. The van der Waals surface area contributed by atoms with Crippen LogP contribution in [0, 0.1) is 22.6 Å². The zero-order chi connectivity index (χ0) is 21.4. The first-order valence-electron chi connectivity index (χ1n) is 8.52. The third-order valence-electron chi connectivity index (χ3n) is 3.83. The molecule has 1 aromatic carbocycles. The summed E-state index contributed by atoms with van der Waals surface area (Å²) in [6.45, 7) is 1.79. The number of rotatable bonds is 7. The van der Waals surface area contributed by atoms with Gasteiger partial charge in [-0.1, -0.05) is 6.92 Å². The summed E-state index contributed by atoms with van der Waals surface area (Å²) in [5.74, 6) is -1.15. The lowest BCUT2D eigenvalue weighted by Crippen LogP contribution is -2.16. The summed E-state index contributed by atoms with van der Waals surface area (Å²) >= 11 is 0. The number of hydrogen-bond acceptors (Lipinski definition) is 6. The number of halogens is 1. The summed E-state index contributed by atoms with van der Waals surface area (Å²) in [5.41, 5.74) is 6.38. The van der Waals surface area contributed by atoms with E-state index in [9.17, 15) is 9.18 Å². The van der Waals surface area contributed by atoms with Crippen molar-refractivity contribution in [2.45, 2.75) is 12.8 Å². The van der Waals surface area contributed by atoms with E-state index >= 15 is 0 Å². The Bertz CT molecular complexity index is 967. The number of nitrogens with zero attached hydrogens (tertiary/aromatic N) is 2. The number of ether oxygens (including phenoxy) is 2. The Morgan fingerprint density at radius 1 is 1.45 bits per heavy atom. The molecule has 2 rings (SSSR count). The van der Waals surface area contributed by atoms with Crippen molar-refractivity contribution in [3.05, 3.63) is 71.0 Å². The fourth-order valence-corrected chi connectivity index (χ4v) is 2.52. The smallest absolute Gasteiger partial charge is 0.284 e. The molecule has 0 spiro atoms. The monoisotopic (exact) mass is 397 g/mol. The Labute approximate surface area is 167 Å². The lowest BCUT2D eigenvalue weighted by atomic mass is 9.99. The molecule has 0 aliphatic carbocycles. The molecule has 1 aromatic heterocycles. The Kier molecular flexibility index (Phi) is 7.40. The lowest BCUT2D eigenvalue weighted by molar-refractivity contribution is 0.102. The van der Waals surface area contributed by atoms with Gasteiger partial charge >= 0.3 is 0 Å². The molecule has 9 heteroatoms. The average Bonchev–Trinajstić information content (AvgIpc) is 2.69. The number of carbonyl (C=O) groups is 1. The number of nitrogens with one attached hydrogen (secondary N) is 2. The lowest BCUT2D eigenvalue weighted by Gasteiger charge is -2.14. The first-order chi connectivity index (χ1) is 13.8. The van der Waals surface area contributed by atoms with Crippen LogP contribution in [0.15, 0.2) is 48.4 Å². The van der Waals surface area contributed by atoms with Crippen LogP contribution in [0.3, 0.4) is 0 Å². The highest BCUT2D eigenvalue weighted by Crippen LogP contribution is 2.25. The molecular weight excluding hydrogens is 377 g/mol. The second kappa shape index (κ2) is 9.96. The summed E-state index contributed by atoms with van der Waals surface area (Å²) in [5, 5.41) is 18.7. The fourth-order valence-electron chi connectivity index (χ4n) is 2.52. The molecule has 0 unspecified atom stereocenters. The van der Waals surface area contributed by atoms with Gasteiger partial charge in [0.2, 0.25) is 0 Å². The van der Waals surface area contributed by atoms with Gasteiger partial charge in [0.1, 0.15) is 29.9 Å². The number of benzene rings is 1. The van der Waals surface area contributed by atoms with Crippen molar-refractivity contribution in [2.75, 3.05) is 19.0 Å². The predicted octanol–water partition coefficient (Wildman–Crippen LogP) is 2.89. The van der Waals surface area contributed by atoms with Crippen LogP contribution >= 0.6 is 0 Å². The number of nitrogens with two attached hydrogens (primary N) is 1. The van der Waals surface area contributed by atoms with Crippen LogP contribution < -0.4 is 11.1 Å². The molecular formula is C20H20FN5O3. The summed E-state index contributed by atoms with van der Waals surface area (Å²) in [6, 6.07) is 8.50. The van der Waals surface area contributed by atoms with Crippen LogP contribution in [0.1, 0.15) is 34.5 Å². The van der Waals surface area contributed by atoms with Crippen molar-refractivity contribution >= 4 is 17.6 Å². The third-order valence-corrected chi connectivity index (χ3v) is 3.83. The Morgan fingerprint density at radius 2 is 2.21 bits per heavy atom. The molecule has 1 amide bonds. The topological polar surface area (TPSA) is 134 Å². The highest BCUT2D eigenvalue weighted by Gasteiger charge is 2.14. The molecule has 2 aromatic rings. The number of allylic oxidation sites excluding steroid dienone is 1. The van der Waals surface area contributed by atoms with Crippen LogP contribution in [0.5, 0.6) is 0 Å². The van der Waals surface area contributed by atoms with Gasteiger partial charge < -0.3 is 20.5 Å². The fraction of sp³-hybridized carbons (Fsp3) is 0.200. The van der Waals surface area contributed by atoms with Crippen molar-refractivity contribution in [3.63, 3.8) is 0 Å². The zero-order valence-electron chi connectivity index (χ0n) is 15.9. The second-order valence-corrected chi connectivity index (χ2v) is 6.06. The molecule has 0 bridgehead atoms. The number of nitriles is 1. The number of methoxy groups -OCH3 is 1. The number of amidine groups is 1. The second-order valence-electron chi connectivity index (χ2n) is 6.06. The van der Waals surface area contributed by atoms with Crippen molar-refractivity contribution in [1.82, 2.24) is 4.98 Å². The minimum atomic E-state index is -0.503. The third kappa shape index (κ3) is 6.12. The first-order valence-corrected chi connectivity index (χ1v) is 8.52. The van der Waals surface area contributed by atoms with Gasteiger partial charge in [0.25, 0.3) is 11.9 Å². The molecule has 1 atom stereocenters. The van der Waals surface area contributed by atoms with Crippen molar-refractivity contribution in [2.24, 2.45) is 5.73 Å². The van der Waals surface area contributed by atoms with Gasteiger partial charge in [0.15, 0.2) is 0 Å². The number of hydrogen-bond donors (Lipinski definition) is 3. The molecule has 0 aliphatic rings. The molecule has 0 aliphatic heterocycles. The SMILES string of the molecule is COC/C(=C/[C@@H](C)c1cc(NC(=O)c2ccc(C#N)cn2)ccc1F)OC(=N)N. The van der Waals surface area contributed by atoms with Crippen LogP contribution in [-0.4, -0.2) is 30.6 Å². The van der Waals surface area contributed by atoms with Gasteiger partial charge in [-0.3, -0.25) is 10.2 Å². The zero-order valence-corrected chi connectivity index (χ0v) is 15.9. The van der Waals surface area contributed by atoms with Gasteiger partial charge in [-0.05, 0) is 42.0 Å². The summed E-state index contributed by atoms with van der Waals surface area (Å²) < 4.78 is 24.4. The van der Waals surface area contributed by atoms with E-state index in [4.69, 9.17) is 25.9 Å². The van der Waals surface area contributed by atoms with Gasteiger partial charge in [-0.2, -0.15) is 5.26 Å². The van der Waals surface area contributed by atoms with Crippen LogP contribution in [0.25, 0.3) is 0 Å². The molecule has 4 N–H and O–H groups in total. The van der Waals surface area contributed by atoms with Crippen molar-refractivity contribution in [1.29, 1.82) is 10.7 Å². The Balaban J connectivity index is 2.22. The molecule has 8 nitrogen and oxygen atoms in total. The van der Waals surface area contributed by atoms with E-state index in [1.807, 2.05) is 6.07 Å². The van der Waals surface area contributed by atoms with Crippen LogP contribution in [-0.2, 0) is 9.47 Å². The maximum Gasteiger partial charge on any atom is 0.284 e. The van der Waals surface area contributed by atoms with Crippen LogP contribution in [0.2, 0.25) is 0 Å². The molecule has 0 saturated carbocycles. The number of aromatic nitrogens is 1. The molecule has 1 heterocycles. The Hall–Kier alpha value is -3.77. The van der Waals surface area contributed by atoms with E-state index in [1.165, 1.54) is 43.6 Å². The maximum absolute atomic E-state index is 14.3. The molecule has 0 radical (unpaired) electrons. The van der Waals surface area contributed by atoms with Crippen molar-refractivity contribution < 1.29 is 18.7 Å². The largest absolute Gasteiger partial charge is 0.429 e. The summed E-state index contributed by atoms with van der Waals surface area (Å²) in [6.07, 6.45) is 2.88. The minimum Gasteiger partial charge on any atom is -0.429 e. The van der Waals surface area contributed by atoms with Gasteiger partial charge in [-0.25, -0.2) is 9.37 Å². The predicted molar refractivity (Wildman–Crippen MR) is 105 cm³/mol. The van der Waals surface area contributed by atoms with E-state index < -0.39 is 23.7 Å². The molecule has 0 saturated heterocycles. The number of pyridine rings is 1. The number of carbonyl (C=O) groups excluding carboxylic acids is 1. The van der Waals surface area contributed by atoms with Gasteiger partial charge in [0.05, 0.1) is 5.56 Å². The van der Waals surface area contributed by atoms with Crippen LogP contribution in [0.4, 0.5) is 10.1 Å². The highest BCUT2D eigenvalue weighted by atomic mass is 19.1. The molecule has 150 valence electrons. The van der Waals surface area contributed by atoms with E-state index in [1.54, 1.807) is 13.0 Å². The molecule has 0 fully saturated rings. The van der Waals surface area contributed by atoms with E-state index in [-0.39, 0.29) is 18.1 Å². The molecule has 29 heavy (non-hydrogen) atoms. The first kappa shape index (κ1) is 21.5. The van der Waals surface area contributed by atoms with Gasteiger partial charge in [0, 0.05) is 24.9 Å².